The summed E-state index contributed by atoms with van der Waals surface area (Å²) in [6, 6.07) is 9.81. The van der Waals surface area contributed by atoms with Gasteiger partial charge in [0, 0.05) is 29.9 Å². The number of nitrogens with zero attached hydrogens (tertiary/aromatic N) is 2. The summed E-state index contributed by atoms with van der Waals surface area (Å²) in [7, 11) is 1.35. The number of nitriles is 1. The van der Waals surface area contributed by atoms with Gasteiger partial charge in [-0.3, -0.25) is 9.59 Å². The second kappa shape index (κ2) is 9.51. The van der Waals surface area contributed by atoms with Crippen LogP contribution in [-0.4, -0.2) is 36.0 Å². The van der Waals surface area contributed by atoms with Crippen LogP contribution in [0, 0.1) is 25.2 Å². The van der Waals surface area contributed by atoms with Gasteiger partial charge in [0.1, 0.15) is 0 Å². The molecule has 146 valence electrons. The van der Waals surface area contributed by atoms with Crippen molar-refractivity contribution in [3.63, 3.8) is 0 Å². The highest BCUT2D eigenvalue weighted by molar-refractivity contribution is 6.00. The number of benzene rings is 1. The molecule has 0 aliphatic heterocycles. The highest BCUT2D eigenvalue weighted by atomic mass is 16.5. The number of aromatic nitrogens is 1. The van der Waals surface area contributed by atoms with Gasteiger partial charge in [-0.2, -0.15) is 5.26 Å². The summed E-state index contributed by atoms with van der Waals surface area (Å²) in [6.07, 6.45) is 0.900. The number of hydrogen-bond donors (Lipinski definition) is 0. The molecule has 0 aliphatic rings. The number of methoxy groups -OCH3 is 1. The minimum atomic E-state index is -0.655. The van der Waals surface area contributed by atoms with E-state index in [1.165, 1.54) is 19.2 Å². The Morgan fingerprint density at radius 1 is 1.18 bits per heavy atom. The summed E-state index contributed by atoms with van der Waals surface area (Å²) in [5.41, 5.74) is 2.69. The van der Waals surface area contributed by atoms with Crippen LogP contribution in [0.25, 0.3) is 0 Å². The fraction of sp³-hybridized carbons (Fsp3) is 0.333. The fourth-order valence-electron chi connectivity index (χ4n) is 2.92. The van der Waals surface area contributed by atoms with Gasteiger partial charge in [-0.1, -0.05) is 6.07 Å². The van der Waals surface area contributed by atoms with Crippen LogP contribution < -0.4 is 0 Å². The monoisotopic (exact) mass is 382 g/mol. The van der Waals surface area contributed by atoms with E-state index < -0.39 is 5.97 Å². The van der Waals surface area contributed by atoms with Crippen LogP contribution in [0.15, 0.2) is 30.3 Å². The Bertz CT molecular complexity index is 937. The lowest BCUT2D eigenvalue weighted by atomic mass is 10.1. The Hall–Kier alpha value is -3.40. The number of aryl methyl sites for hydroxylation is 1. The number of hydrogen-bond acceptors (Lipinski definition) is 6. The van der Waals surface area contributed by atoms with Crippen LogP contribution in [0.2, 0.25) is 0 Å². The number of rotatable bonds is 8. The van der Waals surface area contributed by atoms with E-state index in [9.17, 15) is 14.4 Å². The zero-order valence-electron chi connectivity index (χ0n) is 16.2. The molecule has 1 aromatic heterocycles. The van der Waals surface area contributed by atoms with E-state index in [0.717, 1.165) is 11.4 Å². The van der Waals surface area contributed by atoms with E-state index in [1.807, 2.05) is 24.5 Å². The van der Waals surface area contributed by atoms with E-state index in [-0.39, 0.29) is 23.9 Å². The molecule has 0 radical (unpaired) electrons. The minimum absolute atomic E-state index is 0.222. The summed E-state index contributed by atoms with van der Waals surface area (Å²) in [5.74, 6) is -1.24. The molecule has 0 unspecified atom stereocenters. The number of esters is 2. The summed E-state index contributed by atoms with van der Waals surface area (Å²) >= 11 is 0. The molecular weight excluding hydrogens is 360 g/mol. The Labute approximate surface area is 163 Å². The molecule has 1 aromatic carbocycles. The van der Waals surface area contributed by atoms with Crippen molar-refractivity contribution in [1.29, 1.82) is 5.26 Å². The standard InChI is InChI=1S/C21H22N2O5/c1-14-10-18(15(2)23(14)9-5-8-20(25)27-3)19(24)13-28-21(26)17-7-4-6-16(11-17)12-22/h4,6-7,10-11H,5,8-9,13H2,1-3H3. The van der Waals surface area contributed by atoms with Gasteiger partial charge >= 0.3 is 11.9 Å². The van der Waals surface area contributed by atoms with Crippen LogP contribution in [0.1, 0.15) is 50.5 Å². The molecular formula is C21H22N2O5. The van der Waals surface area contributed by atoms with E-state index in [0.29, 0.717) is 30.5 Å². The van der Waals surface area contributed by atoms with E-state index in [2.05, 4.69) is 4.74 Å². The van der Waals surface area contributed by atoms with Crippen molar-refractivity contribution in [2.75, 3.05) is 13.7 Å². The second-order valence-electron chi connectivity index (χ2n) is 6.31. The third-order valence-corrected chi connectivity index (χ3v) is 4.43. The topological polar surface area (TPSA) is 98.4 Å². The second-order valence-corrected chi connectivity index (χ2v) is 6.31. The third kappa shape index (κ3) is 5.07. The Morgan fingerprint density at radius 3 is 2.61 bits per heavy atom. The molecule has 0 aliphatic carbocycles. The largest absolute Gasteiger partial charge is 0.469 e. The molecule has 2 aromatic rings. The Kier molecular flexibility index (Phi) is 7.10. The molecule has 0 saturated carbocycles. The molecule has 0 spiro atoms. The first-order valence-electron chi connectivity index (χ1n) is 8.81. The fourth-order valence-corrected chi connectivity index (χ4v) is 2.92. The predicted molar refractivity (Wildman–Crippen MR) is 101 cm³/mol. The molecule has 0 fully saturated rings. The number of ether oxygens (including phenoxy) is 2. The zero-order valence-corrected chi connectivity index (χ0v) is 16.2. The van der Waals surface area contributed by atoms with Crippen molar-refractivity contribution in [3.8, 4) is 6.07 Å². The third-order valence-electron chi connectivity index (χ3n) is 4.43. The normalized spacial score (nSPS) is 10.2. The summed E-state index contributed by atoms with van der Waals surface area (Å²) < 4.78 is 11.7. The SMILES string of the molecule is COC(=O)CCCn1c(C)cc(C(=O)COC(=O)c2cccc(C#N)c2)c1C. The van der Waals surface area contributed by atoms with Gasteiger partial charge in [-0.05, 0) is 44.5 Å². The van der Waals surface area contributed by atoms with E-state index >= 15 is 0 Å². The molecule has 0 atom stereocenters. The molecule has 7 heteroatoms. The molecule has 7 nitrogen and oxygen atoms in total. The van der Waals surface area contributed by atoms with Gasteiger partial charge in [0.15, 0.2) is 6.61 Å². The lowest BCUT2D eigenvalue weighted by Crippen LogP contribution is -2.15. The zero-order chi connectivity index (χ0) is 20.7. The summed E-state index contributed by atoms with van der Waals surface area (Å²) in [4.78, 5) is 35.8. The van der Waals surface area contributed by atoms with Crippen LogP contribution in [0.5, 0.6) is 0 Å². The van der Waals surface area contributed by atoms with Crippen LogP contribution in [-0.2, 0) is 20.8 Å². The maximum Gasteiger partial charge on any atom is 0.338 e. The molecule has 1 heterocycles. The smallest absolute Gasteiger partial charge is 0.338 e. The van der Waals surface area contributed by atoms with Crippen molar-refractivity contribution < 1.29 is 23.9 Å². The molecule has 0 bridgehead atoms. The molecule has 28 heavy (non-hydrogen) atoms. The van der Waals surface area contributed by atoms with Gasteiger partial charge in [0.2, 0.25) is 5.78 Å². The summed E-state index contributed by atoms with van der Waals surface area (Å²) in [6.45, 7) is 3.89. The highest BCUT2D eigenvalue weighted by Crippen LogP contribution is 2.17. The van der Waals surface area contributed by atoms with Gasteiger partial charge < -0.3 is 14.0 Å². The minimum Gasteiger partial charge on any atom is -0.469 e. The molecule has 0 amide bonds. The average Bonchev–Trinajstić information content (AvgIpc) is 2.99. The lowest BCUT2D eigenvalue weighted by Gasteiger charge is -2.09. The van der Waals surface area contributed by atoms with Crippen molar-refractivity contribution in [3.05, 3.63) is 58.4 Å². The van der Waals surface area contributed by atoms with E-state index in [1.54, 1.807) is 18.2 Å². The van der Waals surface area contributed by atoms with Crippen molar-refractivity contribution in [2.24, 2.45) is 0 Å². The van der Waals surface area contributed by atoms with Crippen LogP contribution in [0.4, 0.5) is 0 Å². The quantitative estimate of drug-likeness (QED) is 0.514. The van der Waals surface area contributed by atoms with Gasteiger partial charge in [0.25, 0.3) is 0 Å². The van der Waals surface area contributed by atoms with Gasteiger partial charge in [-0.15, -0.1) is 0 Å². The lowest BCUT2D eigenvalue weighted by molar-refractivity contribution is -0.140. The van der Waals surface area contributed by atoms with Crippen LogP contribution in [0.3, 0.4) is 0 Å². The maximum atomic E-state index is 12.5. The van der Waals surface area contributed by atoms with Crippen molar-refractivity contribution >= 4 is 17.7 Å². The van der Waals surface area contributed by atoms with Crippen molar-refractivity contribution in [1.82, 2.24) is 4.57 Å². The molecule has 2 rings (SSSR count). The van der Waals surface area contributed by atoms with Gasteiger partial charge in [-0.25, -0.2) is 4.79 Å². The maximum absolute atomic E-state index is 12.5. The first-order valence-corrected chi connectivity index (χ1v) is 8.81. The number of ketones is 1. The van der Waals surface area contributed by atoms with Crippen molar-refractivity contribution in [2.45, 2.75) is 33.2 Å². The van der Waals surface area contributed by atoms with Crippen LogP contribution >= 0.6 is 0 Å². The first-order chi connectivity index (χ1) is 13.4. The predicted octanol–water partition coefficient (Wildman–Crippen LogP) is 2.97. The first kappa shape index (κ1) is 20.9. The Morgan fingerprint density at radius 2 is 1.93 bits per heavy atom. The molecule has 0 N–H and O–H groups in total. The number of carbonyl (C=O) groups excluding carboxylic acids is 3. The van der Waals surface area contributed by atoms with Gasteiger partial charge in [0.05, 0.1) is 24.3 Å². The molecule has 0 saturated heterocycles. The van der Waals surface area contributed by atoms with E-state index in [4.69, 9.17) is 10.00 Å². The number of Topliss-reactive ketones (excluding diaryl/α,β-unsaturated/α-hetero) is 1. The average molecular weight is 382 g/mol. The highest BCUT2D eigenvalue weighted by Gasteiger charge is 2.18. The number of carbonyl (C=O) groups is 3. The summed E-state index contributed by atoms with van der Waals surface area (Å²) in [5, 5.41) is 8.89. The Balaban J connectivity index is 2.00.